The van der Waals surface area contributed by atoms with Crippen molar-refractivity contribution >= 4 is 17.0 Å². The van der Waals surface area contributed by atoms with Crippen LogP contribution in [0, 0.1) is 5.92 Å². The summed E-state index contributed by atoms with van der Waals surface area (Å²) in [5.74, 6) is -0.985. The van der Waals surface area contributed by atoms with Gasteiger partial charge in [-0.15, -0.1) is 0 Å². The van der Waals surface area contributed by atoms with Crippen LogP contribution < -0.4 is 0 Å². The second kappa shape index (κ2) is 7.90. The fourth-order valence-corrected chi connectivity index (χ4v) is 1.31. The van der Waals surface area contributed by atoms with Gasteiger partial charge in [0.2, 0.25) is 0 Å². The Hall–Kier alpha value is -0.460. The summed E-state index contributed by atoms with van der Waals surface area (Å²) in [6.45, 7) is 2.21. The summed E-state index contributed by atoms with van der Waals surface area (Å²) in [6.07, 6.45) is 1.57. The Kier molecular flexibility index (Phi) is 7.64. The zero-order chi connectivity index (χ0) is 11.0. The van der Waals surface area contributed by atoms with Gasteiger partial charge in [0.25, 0.3) is 0 Å². The SMILES string of the molecule is C[C@@H](CCCOCS(=O)[O-])CC(=O)O. The second-order valence-electron chi connectivity index (χ2n) is 3.18. The van der Waals surface area contributed by atoms with Crippen molar-refractivity contribution in [3.05, 3.63) is 0 Å². The molecule has 2 atom stereocenters. The molecule has 6 heteroatoms. The van der Waals surface area contributed by atoms with Gasteiger partial charge in [0.05, 0.1) is 0 Å². The molecule has 14 heavy (non-hydrogen) atoms. The van der Waals surface area contributed by atoms with Gasteiger partial charge < -0.3 is 14.4 Å². The van der Waals surface area contributed by atoms with Crippen molar-refractivity contribution < 1.29 is 23.4 Å². The standard InChI is InChI=1S/C8H16O5S/c1-7(5-8(9)10)3-2-4-13-6-14(11)12/h7H,2-6H2,1H3,(H,9,10)(H,11,12)/p-1/t7-/m0/s1. The average molecular weight is 223 g/mol. The first-order valence-electron chi connectivity index (χ1n) is 4.37. The van der Waals surface area contributed by atoms with E-state index in [1.54, 1.807) is 0 Å². The number of ether oxygens (including phenoxy) is 1. The fourth-order valence-electron chi connectivity index (χ4n) is 1.06. The van der Waals surface area contributed by atoms with E-state index in [-0.39, 0.29) is 18.3 Å². The van der Waals surface area contributed by atoms with E-state index in [4.69, 9.17) is 9.84 Å². The van der Waals surface area contributed by atoms with Crippen molar-refractivity contribution in [2.75, 3.05) is 12.5 Å². The predicted molar refractivity (Wildman–Crippen MR) is 50.4 cm³/mol. The predicted octanol–water partition coefficient (Wildman–Crippen LogP) is 0.731. The molecule has 0 aromatic carbocycles. The Morgan fingerprint density at radius 3 is 2.79 bits per heavy atom. The third kappa shape index (κ3) is 9.63. The molecular weight excluding hydrogens is 208 g/mol. The van der Waals surface area contributed by atoms with Crippen LogP contribution in [0.1, 0.15) is 26.2 Å². The highest BCUT2D eigenvalue weighted by Crippen LogP contribution is 2.09. The van der Waals surface area contributed by atoms with Gasteiger partial charge in [-0.2, -0.15) is 0 Å². The van der Waals surface area contributed by atoms with Crippen LogP contribution in [0.15, 0.2) is 0 Å². The van der Waals surface area contributed by atoms with Crippen LogP contribution >= 0.6 is 0 Å². The largest absolute Gasteiger partial charge is 0.771 e. The summed E-state index contributed by atoms with van der Waals surface area (Å²) in [5.41, 5.74) is 0. The Balaban J connectivity index is 3.27. The molecule has 0 aliphatic carbocycles. The Bertz CT molecular complexity index is 194. The summed E-state index contributed by atoms with van der Waals surface area (Å²) < 4.78 is 24.9. The molecule has 0 fully saturated rings. The molecule has 0 aromatic heterocycles. The molecule has 0 heterocycles. The third-order valence-electron chi connectivity index (χ3n) is 1.69. The van der Waals surface area contributed by atoms with E-state index >= 15 is 0 Å². The molecule has 0 radical (unpaired) electrons. The molecule has 0 saturated carbocycles. The summed E-state index contributed by atoms with van der Waals surface area (Å²) >= 11 is -2.16. The second-order valence-corrected chi connectivity index (χ2v) is 4.02. The van der Waals surface area contributed by atoms with Crippen LogP contribution in [0.2, 0.25) is 0 Å². The minimum absolute atomic E-state index is 0.105. The smallest absolute Gasteiger partial charge is 0.303 e. The van der Waals surface area contributed by atoms with Gasteiger partial charge in [-0.05, 0) is 29.8 Å². The van der Waals surface area contributed by atoms with E-state index in [1.807, 2.05) is 6.92 Å². The average Bonchev–Trinajstić information content (AvgIpc) is 2.01. The summed E-state index contributed by atoms with van der Waals surface area (Å²) in [5, 5.41) is 8.45. The Morgan fingerprint density at radius 1 is 1.64 bits per heavy atom. The lowest BCUT2D eigenvalue weighted by Gasteiger charge is -2.09. The van der Waals surface area contributed by atoms with Crippen molar-refractivity contribution in [2.45, 2.75) is 26.2 Å². The lowest BCUT2D eigenvalue weighted by atomic mass is 10.0. The molecule has 0 bridgehead atoms. The minimum atomic E-state index is -2.16. The maximum atomic E-state index is 10.3. The van der Waals surface area contributed by atoms with Gasteiger partial charge in [0.1, 0.15) is 5.94 Å². The van der Waals surface area contributed by atoms with E-state index in [0.29, 0.717) is 13.0 Å². The topological polar surface area (TPSA) is 86.7 Å². The number of rotatable bonds is 8. The number of aliphatic carboxylic acids is 1. The van der Waals surface area contributed by atoms with Gasteiger partial charge >= 0.3 is 5.97 Å². The zero-order valence-electron chi connectivity index (χ0n) is 8.10. The maximum Gasteiger partial charge on any atom is 0.303 e. The molecule has 0 aromatic rings. The normalized spacial score (nSPS) is 15.0. The summed E-state index contributed by atoms with van der Waals surface area (Å²) in [7, 11) is 0. The third-order valence-corrected chi connectivity index (χ3v) is 2.05. The van der Waals surface area contributed by atoms with Crippen molar-refractivity contribution in [1.82, 2.24) is 0 Å². The Morgan fingerprint density at radius 2 is 2.29 bits per heavy atom. The van der Waals surface area contributed by atoms with E-state index in [0.717, 1.165) is 6.42 Å². The molecule has 0 rings (SSSR count). The highest BCUT2D eigenvalue weighted by Gasteiger charge is 2.06. The highest BCUT2D eigenvalue weighted by atomic mass is 32.2. The fraction of sp³-hybridized carbons (Fsp3) is 0.875. The highest BCUT2D eigenvalue weighted by molar-refractivity contribution is 7.78. The number of carboxylic acid groups (broad SMARTS) is 1. The molecule has 0 spiro atoms. The van der Waals surface area contributed by atoms with Gasteiger partial charge in [-0.3, -0.25) is 9.00 Å². The lowest BCUT2D eigenvalue weighted by Crippen LogP contribution is -2.07. The quantitative estimate of drug-likeness (QED) is 0.484. The van der Waals surface area contributed by atoms with Crippen LogP contribution in [0.25, 0.3) is 0 Å². The number of hydrogen-bond acceptors (Lipinski definition) is 4. The van der Waals surface area contributed by atoms with E-state index in [9.17, 15) is 13.6 Å². The molecule has 0 aliphatic rings. The first kappa shape index (κ1) is 13.5. The lowest BCUT2D eigenvalue weighted by molar-refractivity contribution is -0.138. The van der Waals surface area contributed by atoms with Crippen molar-refractivity contribution in [3.8, 4) is 0 Å². The maximum absolute atomic E-state index is 10.3. The van der Waals surface area contributed by atoms with Crippen molar-refractivity contribution in [2.24, 2.45) is 5.92 Å². The van der Waals surface area contributed by atoms with Gasteiger partial charge in [0.15, 0.2) is 0 Å². The van der Waals surface area contributed by atoms with Crippen LogP contribution in [-0.4, -0.2) is 32.4 Å². The number of carbonyl (C=O) groups is 1. The van der Waals surface area contributed by atoms with Gasteiger partial charge in [-0.1, -0.05) is 6.92 Å². The molecule has 0 amide bonds. The summed E-state index contributed by atoms with van der Waals surface area (Å²) in [6, 6.07) is 0. The van der Waals surface area contributed by atoms with E-state index in [2.05, 4.69) is 0 Å². The van der Waals surface area contributed by atoms with Crippen LogP contribution in [0.5, 0.6) is 0 Å². The Labute approximate surface area is 85.7 Å². The molecule has 5 nitrogen and oxygen atoms in total. The molecule has 84 valence electrons. The van der Waals surface area contributed by atoms with Gasteiger partial charge in [0, 0.05) is 13.0 Å². The molecule has 0 aliphatic heterocycles. The van der Waals surface area contributed by atoms with Crippen LogP contribution in [0.4, 0.5) is 0 Å². The number of carboxylic acids is 1. The van der Waals surface area contributed by atoms with Crippen molar-refractivity contribution in [1.29, 1.82) is 0 Å². The first-order chi connectivity index (χ1) is 6.52. The summed E-state index contributed by atoms with van der Waals surface area (Å²) in [4.78, 5) is 10.3. The molecule has 1 unspecified atom stereocenters. The van der Waals surface area contributed by atoms with E-state index in [1.165, 1.54) is 0 Å². The van der Waals surface area contributed by atoms with Crippen molar-refractivity contribution in [3.63, 3.8) is 0 Å². The first-order valence-corrected chi connectivity index (χ1v) is 5.62. The van der Waals surface area contributed by atoms with E-state index < -0.39 is 17.0 Å². The van der Waals surface area contributed by atoms with Crippen LogP contribution in [0.3, 0.4) is 0 Å². The minimum Gasteiger partial charge on any atom is -0.771 e. The molecule has 0 saturated heterocycles. The molecular formula is C8H15O5S-. The zero-order valence-corrected chi connectivity index (χ0v) is 8.92. The number of hydrogen-bond donors (Lipinski definition) is 1. The van der Waals surface area contributed by atoms with Crippen LogP contribution in [-0.2, 0) is 20.6 Å². The van der Waals surface area contributed by atoms with Gasteiger partial charge in [-0.25, -0.2) is 0 Å². The molecule has 1 N–H and O–H groups in total. The monoisotopic (exact) mass is 223 g/mol.